The van der Waals surface area contributed by atoms with E-state index in [9.17, 15) is 4.79 Å². The number of nitrogens with two attached hydrogens (primary N) is 1. The Morgan fingerprint density at radius 1 is 1.02 bits per heavy atom. The van der Waals surface area contributed by atoms with Gasteiger partial charge in [0.15, 0.2) is 5.82 Å². The second-order valence-corrected chi connectivity index (χ2v) is 10.7. The molecule has 4 aromatic rings. The van der Waals surface area contributed by atoms with Crippen LogP contribution in [-0.4, -0.2) is 82.0 Å². The predicted molar refractivity (Wildman–Crippen MR) is 161 cm³/mol. The van der Waals surface area contributed by atoms with Gasteiger partial charge in [-0.15, -0.1) is 0 Å². The van der Waals surface area contributed by atoms with E-state index in [1.165, 1.54) is 20.3 Å². The summed E-state index contributed by atoms with van der Waals surface area (Å²) < 4.78 is 19.0. The second kappa shape index (κ2) is 12.7. The number of aromatic nitrogens is 6. The maximum absolute atomic E-state index is 13.3. The lowest BCUT2D eigenvalue weighted by Crippen LogP contribution is -2.36. The molecule has 0 spiro atoms. The van der Waals surface area contributed by atoms with Crippen molar-refractivity contribution in [2.45, 2.75) is 25.8 Å². The van der Waals surface area contributed by atoms with E-state index in [2.05, 4.69) is 20.1 Å². The van der Waals surface area contributed by atoms with Gasteiger partial charge in [-0.3, -0.25) is 9.48 Å². The highest BCUT2D eigenvalue weighted by molar-refractivity contribution is 6.39. The van der Waals surface area contributed by atoms with Crippen LogP contribution in [0.1, 0.15) is 24.4 Å². The molecule has 3 aromatic heterocycles. The first-order chi connectivity index (χ1) is 20.2. The van der Waals surface area contributed by atoms with E-state index < -0.39 is 5.56 Å². The molecule has 1 fully saturated rings. The van der Waals surface area contributed by atoms with Crippen molar-refractivity contribution >= 4 is 29.0 Å². The largest absolute Gasteiger partial charge is 0.495 e. The van der Waals surface area contributed by atoms with Crippen LogP contribution in [0.4, 0.5) is 5.82 Å². The van der Waals surface area contributed by atoms with Crippen molar-refractivity contribution < 1.29 is 14.2 Å². The number of nitrogen functional groups attached to an aromatic ring is 1. The van der Waals surface area contributed by atoms with Crippen molar-refractivity contribution in [1.29, 1.82) is 0 Å². The third-order valence-corrected chi connectivity index (χ3v) is 8.07. The lowest BCUT2D eigenvalue weighted by Gasteiger charge is -2.31. The second-order valence-electron chi connectivity index (χ2n) is 9.95. The Balaban J connectivity index is 1.50. The van der Waals surface area contributed by atoms with Crippen molar-refractivity contribution in [3.05, 3.63) is 56.7 Å². The first-order valence-electron chi connectivity index (χ1n) is 13.4. The molecule has 14 heteroatoms. The molecule has 0 aliphatic carbocycles. The van der Waals surface area contributed by atoms with Gasteiger partial charge in [-0.05, 0) is 25.8 Å². The summed E-state index contributed by atoms with van der Waals surface area (Å²) in [7, 11) is 4.62. The molecule has 1 saturated heterocycles. The predicted octanol–water partition coefficient (Wildman–Crippen LogP) is 4.05. The zero-order chi connectivity index (χ0) is 30.0. The Bertz CT molecular complexity index is 1620. The molecular weight excluding hydrogens is 583 g/mol. The summed E-state index contributed by atoms with van der Waals surface area (Å²) in [5.41, 5.74) is 8.28. The van der Waals surface area contributed by atoms with Crippen LogP contribution in [0.3, 0.4) is 0 Å². The molecule has 222 valence electrons. The van der Waals surface area contributed by atoms with Crippen LogP contribution in [0.2, 0.25) is 10.0 Å². The van der Waals surface area contributed by atoms with Gasteiger partial charge < -0.3 is 24.8 Å². The van der Waals surface area contributed by atoms with Gasteiger partial charge >= 0.3 is 0 Å². The van der Waals surface area contributed by atoms with Crippen molar-refractivity contribution in [3.63, 3.8) is 0 Å². The zero-order valence-electron chi connectivity index (χ0n) is 23.8. The van der Waals surface area contributed by atoms with Gasteiger partial charge in [0, 0.05) is 50.1 Å². The Hall–Kier alpha value is -3.71. The van der Waals surface area contributed by atoms with Gasteiger partial charge in [0.2, 0.25) is 0 Å². The molecule has 5 rings (SSSR count). The van der Waals surface area contributed by atoms with Gasteiger partial charge in [0.05, 0.1) is 45.0 Å². The molecule has 0 radical (unpaired) electrons. The number of methoxy groups -OCH3 is 3. The number of hydrogen-bond acceptors (Lipinski definition) is 10. The molecule has 1 aliphatic rings. The number of nitrogens with zero attached hydrogens (tertiary/aromatic N) is 7. The van der Waals surface area contributed by atoms with E-state index in [4.69, 9.17) is 48.1 Å². The number of aryl methyl sites for hydroxylation is 1. The standard InChI is InChI=1S/C28H32Cl2N8O4/c1-16-11-19(35-38(28(16)39)26-23(29)21(41-3)12-22(42-4)24(26)30)25-27(31)32-14-20(34-25)17-13-33-37(15-17)18-5-7-36(8-6-18)9-10-40-2/h11-15,18H,5-10H2,1-4H3,(H2,31,32). The van der Waals surface area contributed by atoms with Crippen LogP contribution in [0.15, 0.2) is 35.5 Å². The van der Waals surface area contributed by atoms with Gasteiger partial charge in [0.25, 0.3) is 5.56 Å². The monoisotopic (exact) mass is 614 g/mol. The summed E-state index contributed by atoms with van der Waals surface area (Å²) in [6, 6.07) is 3.43. The van der Waals surface area contributed by atoms with Crippen LogP contribution in [0.25, 0.3) is 28.3 Å². The molecule has 2 N–H and O–H groups in total. The number of likely N-dealkylation sites (tertiary alicyclic amines) is 1. The SMILES string of the molecule is COCCN1CCC(n2cc(-c3cnc(N)c(-c4cc(C)c(=O)n(-c5c(Cl)c(OC)cc(OC)c5Cl)n4)n3)cn2)CC1. The van der Waals surface area contributed by atoms with E-state index in [1.54, 1.807) is 32.5 Å². The van der Waals surface area contributed by atoms with E-state index >= 15 is 0 Å². The summed E-state index contributed by atoms with van der Waals surface area (Å²) >= 11 is 13.2. The first kappa shape index (κ1) is 29.8. The van der Waals surface area contributed by atoms with E-state index in [1.807, 2.05) is 10.9 Å². The number of benzene rings is 1. The van der Waals surface area contributed by atoms with Crippen LogP contribution in [0.5, 0.6) is 11.5 Å². The van der Waals surface area contributed by atoms with Crippen molar-refractivity contribution in [2.75, 3.05) is 53.3 Å². The van der Waals surface area contributed by atoms with Crippen molar-refractivity contribution in [3.8, 4) is 39.8 Å². The lowest BCUT2D eigenvalue weighted by molar-refractivity contribution is 0.119. The molecule has 0 amide bonds. The van der Waals surface area contributed by atoms with Crippen molar-refractivity contribution in [2.24, 2.45) is 0 Å². The third kappa shape index (κ3) is 5.80. The molecule has 1 aliphatic heterocycles. The van der Waals surface area contributed by atoms with Crippen molar-refractivity contribution in [1.82, 2.24) is 34.4 Å². The summed E-state index contributed by atoms with van der Waals surface area (Å²) in [5.74, 6) is 0.680. The van der Waals surface area contributed by atoms with Gasteiger partial charge in [-0.25, -0.2) is 9.97 Å². The molecule has 42 heavy (non-hydrogen) atoms. The lowest BCUT2D eigenvalue weighted by atomic mass is 10.1. The fourth-order valence-corrected chi connectivity index (χ4v) is 5.63. The first-order valence-corrected chi connectivity index (χ1v) is 14.1. The molecule has 0 saturated carbocycles. The summed E-state index contributed by atoms with van der Waals surface area (Å²) in [5, 5.41) is 9.37. The fourth-order valence-electron chi connectivity index (χ4n) is 4.97. The highest BCUT2D eigenvalue weighted by Crippen LogP contribution is 2.42. The van der Waals surface area contributed by atoms with E-state index in [-0.39, 0.29) is 33.0 Å². The minimum atomic E-state index is -0.435. The number of halogens is 2. The molecule has 12 nitrogen and oxygen atoms in total. The molecule has 0 unspecified atom stereocenters. The Labute approximate surface area is 252 Å². The van der Waals surface area contributed by atoms with Crippen LogP contribution >= 0.6 is 23.2 Å². The Morgan fingerprint density at radius 3 is 2.36 bits per heavy atom. The summed E-state index contributed by atoms with van der Waals surface area (Å²) in [4.78, 5) is 24.8. The Kier molecular flexibility index (Phi) is 8.97. The number of rotatable bonds is 9. The number of ether oxygens (including phenoxy) is 3. The fraction of sp³-hybridized carbons (Fsp3) is 0.393. The highest BCUT2D eigenvalue weighted by Gasteiger charge is 2.24. The van der Waals surface area contributed by atoms with Crippen LogP contribution < -0.4 is 20.8 Å². The smallest absolute Gasteiger partial charge is 0.274 e. The minimum absolute atomic E-state index is 0.0965. The summed E-state index contributed by atoms with van der Waals surface area (Å²) in [6.07, 6.45) is 7.32. The van der Waals surface area contributed by atoms with Gasteiger partial charge in [-0.2, -0.15) is 14.9 Å². The minimum Gasteiger partial charge on any atom is -0.495 e. The molecule has 1 aromatic carbocycles. The number of hydrogen-bond donors (Lipinski definition) is 1. The van der Waals surface area contributed by atoms with Crippen LogP contribution in [-0.2, 0) is 4.74 Å². The van der Waals surface area contributed by atoms with Gasteiger partial charge in [-0.1, -0.05) is 23.2 Å². The molecular formula is C28H32Cl2N8O4. The maximum Gasteiger partial charge on any atom is 0.274 e. The molecule has 0 bridgehead atoms. The third-order valence-electron chi connectivity index (χ3n) is 7.34. The number of anilines is 1. The normalized spacial score (nSPS) is 14.3. The van der Waals surface area contributed by atoms with E-state index in [0.717, 1.165) is 49.3 Å². The van der Waals surface area contributed by atoms with Crippen LogP contribution in [0, 0.1) is 6.92 Å². The topological polar surface area (TPSA) is 135 Å². The molecule has 0 atom stereocenters. The average Bonchev–Trinajstić information content (AvgIpc) is 3.49. The number of piperidine rings is 1. The maximum atomic E-state index is 13.3. The van der Waals surface area contributed by atoms with Gasteiger partial charge in [0.1, 0.15) is 38.6 Å². The zero-order valence-corrected chi connectivity index (χ0v) is 25.3. The quantitative estimate of drug-likeness (QED) is 0.294. The van der Waals surface area contributed by atoms with E-state index in [0.29, 0.717) is 28.7 Å². The highest BCUT2D eigenvalue weighted by atomic mass is 35.5. The average molecular weight is 616 g/mol. The molecule has 4 heterocycles. The summed E-state index contributed by atoms with van der Waals surface area (Å²) in [6.45, 7) is 5.30. The Morgan fingerprint density at radius 2 is 1.71 bits per heavy atom.